The molecule has 2 amide bonds. The van der Waals surface area contributed by atoms with E-state index in [1.165, 1.54) is 0 Å². The quantitative estimate of drug-likeness (QED) is 0.795. The molecule has 6 nitrogen and oxygen atoms in total. The van der Waals surface area contributed by atoms with Crippen LogP contribution in [-0.4, -0.2) is 57.3 Å². The summed E-state index contributed by atoms with van der Waals surface area (Å²) in [5.41, 5.74) is 0. The van der Waals surface area contributed by atoms with Crippen molar-refractivity contribution in [3.8, 4) is 0 Å². The monoisotopic (exact) mass is 346 g/mol. The zero-order valence-electron chi connectivity index (χ0n) is 15.3. The molecule has 6 heteroatoms. The van der Waals surface area contributed by atoms with Crippen LogP contribution in [0.3, 0.4) is 0 Å². The predicted octanol–water partition coefficient (Wildman–Crippen LogP) is 2.40. The molecule has 0 N–H and O–H groups in total. The Morgan fingerprint density at radius 3 is 2.96 bits per heavy atom. The van der Waals surface area contributed by atoms with Gasteiger partial charge in [-0.05, 0) is 32.1 Å². The number of hydrogen-bond acceptors (Lipinski definition) is 3. The normalized spacial score (nSPS) is 21.6. The molecule has 0 spiro atoms. The average Bonchev–Trinajstić information content (AvgIpc) is 3.10. The molecule has 0 unspecified atom stereocenters. The van der Waals surface area contributed by atoms with E-state index in [1.807, 2.05) is 11.1 Å². The fraction of sp³-hybridized carbons (Fsp3) is 0.737. The van der Waals surface area contributed by atoms with Crippen molar-refractivity contribution in [1.29, 1.82) is 0 Å². The second-order valence-electron chi connectivity index (χ2n) is 7.28. The van der Waals surface area contributed by atoms with Gasteiger partial charge in [0.05, 0.1) is 6.54 Å². The zero-order chi connectivity index (χ0) is 17.6. The number of unbranched alkanes of at least 4 members (excludes halogenated alkanes) is 1. The molecule has 3 heterocycles. The number of amides is 2. The maximum atomic E-state index is 12.7. The maximum Gasteiger partial charge on any atom is 0.242 e. The third kappa shape index (κ3) is 4.41. The van der Waals surface area contributed by atoms with Crippen LogP contribution in [0.4, 0.5) is 0 Å². The molecule has 0 radical (unpaired) electrons. The highest BCUT2D eigenvalue weighted by atomic mass is 16.2. The molecule has 2 aliphatic rings. The molecule has 138 valence electrons. The standard InChI is InChI=1S/C19H30N4O2/c1-2-3-10-21-13-9-20-19(21)16-7-6-12-22(14-16)18(25)15-23-11-5-4-8-17(23)24/h9,13,16H,2-8,10-12,14-15H2,1H3/t16-/m0/s1. The number of nitrogens with zero attached hydrogens (tertiary/aromatic N) is 4. The van der Waals surface area contributed by atoms with E-state index in [9.17, 15) is 9.59 Å². The van der Waals surface area contributed by atoms with Crippen molar-refractivity contribution in [2.24, 2.45) is 0 Å². The number of imidazole rings is 1. The molecule has 2 saturated heterocycles. The smallest absolute Gasteiger partial charge is 0.242 e. The van der Waals surface area contributed by atoms with Crippen molar-refractivity contribution in [2.75, 3.05) is 26.2 Å². The van der Waals surface area contributed by atoms with Crippen molar-refractivity contribution in [3.63, 3.8) is 0 Å². The van der Waals surface area contributed by atoms with E-state index in [0.29, 0.717) is 12.3 Å². The Labute approximate surface area is 150 Å². The number of aryl methyl sites for hydroxylation is 1. The second kappa shape index (κ2) is 8.50. The van der Waals surface area contributed by atoms with E-state index in [-0.39, 0.29) is 18.4 Å². The summed E-state index contributed by atoms with van der Waals surface area (Å²) >= 11 is 0. The Balaban J connectivity index is 1.60. The van der Waals surface area contributed by atoms with Gasteiger partial charge in [-0.1, -0.05) is 13.3 Å². The first kappa shape index (κ1) is 18.0. The van der Waals surface area contributed by atoms with E-state index in [1.54, 1.807) is 4.90 Å². The maximum absolute atomic E-state index is 12.7. The molecule has 1 aromatic rings. The Morgan fingerprint density at radius 2 is 2.16 bits per heavy atom. The Bertz CT molecular complexity index is 598. The molecule has 0 aliphatic carbocycles. The lowest BCUT2D eigenvalue weighted by molar-refractivity contribution is -0.142. The number of likely N-dealkylation sites (tertiary alicyclic amines) is 2. The molecular weight excluding hydrogens is 316 g/mol. The third-order valence-corrected chi connectivity index (χ3v) is 5.39. The Morgan fingerprint density at radius 1 is 1.28 bits per heavy atom. The van der Waals surface area contributed by atoms with E-state index in [4.69, 9.17) is 0 Å². The summed E-state index contributed by atoms with van der Waals surface area (Å²) in [6.07, 6.45) is 10.9. The van der Waals surface area contributed by atoms with Crippen LogP contribution in [0, 0.1) is 0 Å². The van der Waals surface area contributed by atoms with Crippen molar-refractivity contribution in [3.05, 3.63) is 18.2 Å². The summed E-state index contributed by atoms with van der Waals surface area (Å²) < 4.78 is 2.25. The summed E-state index contributed by atoms with van der Waals surface area (Å²) in [5, 5.41) is 0. The minimum atomic E-state index is 0.0895. The van der Waals surface area contributed by atoms with Gasteiger partial charge in [-0.15, -0.1) is 0 Å². The predicted molar refractivity (Wildman–Crippen MR) is 96.1 cm³/mol. The minimum Gasteiger partial charge on any atom is -0.340 e. The molecule has 25 heavy (non-hydrogen) atoms. The van der Waals surface area contributed by atoms with Gasteiger partial charge in [0.15, 0.2) is 0 Å². The van der Waals surface area contributed by atoms with Crippen molar-refractivity contribution < 1.29 is 9.59 Å². The summed E-state index contributed by atoms with van der Waals surface area (Å²) in [7, 11) is 0. The molecule has 2 fully saturated rings. The summed E-state index contributed by atoms with van der Waals surface area (Å²) in [4.78, 5) is 32.9. The lowest BCUT2D eigenvalue weighted by Crippen LogP contribution is -2.47. The highest BCUT2D eigenvalue weighted by Crippen LogP contribution is 2.26. The average molecular weight is 346 g/mol. The van der Waals surface area contributed by atoms with Crippen molar-refractivity contribution >= 4 is 11.8 Å². The highest BCUT2D eigenvalue weighted by Gasteiger charge is 2.29. The number of hydrogen-bond donors (Lipinski definition) is 0. The van der Waals surface area contributed by atoms with E-state index < -0.39 is 0 Å². The summed E-state index contributed by atoms with van der Waals surface area (Å²) in [6.45, 7) is 5.69. The number of carbonyl (C=O) groups excluding carboxylic acids is 2. The highest BCUT2D eigenvalue weighted by molar-refractivity contribution is 5.85. The number of rotatable bonds is 6. The summed E-state index contributed by atoms with van der Waals surface area (Å²) in [6, 6.07) is 0. The lowest BCUT2D eigenvalue weighted by atomic mass is 9.97. The van der Waals surface area contributed by atoms with Crippen LogP contribution in [0.5, 0.6) is 0 Å². The summed E-state index contributed by atoms with van der Waals surface area (Å²) in [5.74, 6) is 1.64. The van der Waals surface area contributed by atoms with Gasteiger partial charge in [-0.3, -0.25) is 9.59 Å². The molecule has 1 atom stereocenters. The molecule has 0 saturated carbocycles. The van der Waals surface area contributed by atoms with Crippen molar-refractivity contribution in [1.82, 2.24) is 19.4 Å². The van der Waals surface area contributed by atoms with Crippen molar-refractivity contribution in [2.45, 2.75) is 64.3 Å². The lowest BCUT2D eigenvalue weighted by Gasteiger charge is -2.35. The van der Waals surface area contributed by atoms with E-state index in [2.05, 4.69) is 22.7 Å². The van der Waals surface area contributed by atoms with Gasteiger partial charge >= 0.3 is 0 Å². The largest absolute Gasteiger partial charge is 0.340 e. The Hall–Kier alpha value is -1.85. The van der Waals surface area contributed by atoms with Gasteiger partial charge in [-0.2, -0.15) is 0 Å². The third-order valence-electron chi connectivity index (χ3n) is 5.39. The molecule has 3 rings (SSSR count). The molecule has 0 bridgehead atoms. The van der Waals surface area contributed by atoms with Gasteiger partial charge in [0, 0.05) is 50.9 Å². The number of aromatic nitrogens is 2. The van der Waals surface area contributed by atoms with Crippen LogP contribution < -0.4 is 0 Å². The minimum absolute atomic E-state index is 0.0895. The number of carbonyl (C=O) groups is 2. The van der Waals surface area contributed by atoms with Gasteiger partial charge in [0.2, 0.25) is 11.8 Å². The molecule has 2 aliphatic heterocycles. The fourth-order valence-corrected chi connectivity index (χ4v) is 3.90. The topological polar surface area (TPSA) is 58.4 Å². The molecular formula is C19H30N4O2. The van der Waals surface area contributed by atoms with Gasteiger partial charge in [-0.25, -0.2) is 4.98 Å². The first-order chi connectivity index (χ1) is 12.2. The van der Waals surface area contributed by atoms with E-state index in [0.717, 1.165) is 70.5 Å². The zero-order valence-corrected chi connectivity index (χ0v) is 15.3. The van der Waals surface area contributed by atoms with Gasteiger partial charge in [0.25, 0.3) is 0 Å². The first-order valence-electron chi connectivity index (χ1n) is 9.75. The number of piperidine rings is 2. The van der Waals surface area contributed by atoms with Crippen LogP contribution in [0.1, 0.15) is 63.6 Å². The van der Waals surface area contributed by atoms with Gasteiger partial charge < -0.3 is 14.4 Å². The Kier molecular flexibility index (Phi) is 6.10. The van der Waals surface area contributed by atoms with E-state index >= 15 is 0 Å². The second-order valence-corrected chi connectivity index (χ2v) is 7.28. The van der Waals surface area contributed by atoms with Crippen LogP contribution in [-0.2, 0) is 16.1 Å². The van der Waals surface area contributed by atoms with Crippen LogP contribution >= 0.6 is 0 Å². The van der Waals surface area contributed by atoms with Gasteiger partial charge in [0.1, 0.15) is 5.82 Å². The first-order valence-corrected chi connectivity index (χ1v) is 9.75. The fourth-order valence-electron chi connectivity index (χ4n) is 3.90. The van der Waals surface area contributed by atoms with Crippen LogP contribution in [0.25, 0.3) is 0 Å². The van der Waals surface area contributed by atoms with Crippen LogP contribution in [0.2, 0.25) is 0 Å². The molecule has 0 aromatic carbocycles. The molecule has 1 aromatic heterocycles. The SMILES string of the molecule is CCCCn1ccnc1[C@H]1CCCN(C(=O)CN2CCCCC2=O)C1. The van der Waals surface area contributed by atoms with Crippen LogP contribution in [0.15, 0.2) is 12.4 Å².